The van der Waals surface area contributed by atoms with E-state index in [-0.39, 0.29) is 5.97 Å². The average molecular weight is 297 g/mol. The quantitative estimate of drug-likeness (QED) is 0.652. The van der Waals surface area contributed by atoms with E-state index in [1.807, 2.05) is 12.1 Å². The molecule has 0 atom stereocenters. The van der Waals surface area contributed by atoms with Gasteiger partial charge >= 0.3 is 5.97 Å². The summed E-state index contributed by atoms with van der Waals surface area (Å²) in [5.41, 5.74) is 2.65. The van der Waals surface area contributed by atoms with E-state index < -0.39 is 0 Å². The summed E-state index contributed by atoms with van der Waals surface area (Å²) in [5, 5.41) is 3.42. The molecule has 2 aromatic carbocycles. The molecule has 2 aromatic rings. The van der Waals surface area contributed by atoms with E-state index in [1.165, 1.54) is 11.1 Å². The standard InChI is InChI=1S/C14H15N.C5H8O2/c1-3-7-13(8-4-1)11-15-12-14-9-5-2-6-10-14;1-3-5(6)7-4-2/h1-10,15H,11-12H2;3H,1,4H2,2H3. The van der Waals surface area contributed by atoms with Crippen LogP contribution in [0.15, 0.2) is 73.3 Å². The summed E-state index contributed by atoms with van der Waals surface area (Å²) < 4.78 is 4.43. The van der Waals surface area contributed by atoms with Gasteiger partial charge in [-0.1, -0.05) is 67.2 Å². The fraction of sp³-hybridized carbons (Fsp3) is 0.211. The Kier molecular flexibility index (Phi) is 9.06. The van der Waals surface area contributed by atoms with Gasteiger partial charge in [-0.15, -0.1) is 0 Å². The highest BCUT2D eigenvalue weighted by molar-refractivity contribution is 5.81. The zero-order valence-electron chi connectivity index (χ0n) is 13.0. The molecular weight excluding hydrogens is 274 g/mol. The van der Waals surface area contributed by atoms with E-state index in [4.69, 9.17) is 0 Å². The molecule has 0 aromatic heterocycles. The molecule has 2 rings (SSSR count). The van der Waals surface area contributed by atoms with E-state index in [2.05, 4.69) is 65.2 Å². The van der Waals surface area contributed by atoms with Gasteiger partial charge in [-0.05, 0) is 18.1 Å². The van der Waals surface area contributed by atoms with E-state index in [1.54, 1.807) is 6.92 Å². The number of nitrogens with one attached hydrogen (secondary N) is 1. The van der Waals surface area contributed by atoms with Crippen LogP contribution in [0.3, 0.4) is 0 Å². The Morgan fingerprint density at radius 1 is 1.00 bits per heavy atom. The minimum Gasteiger partial charge on any atom is -0.463 e. The molecule has 0 aliphatic heterocycles. The minimum atomic E-state index is -0.359. The zero-order chi connectivity index (χ0) is 16.0. The third-order valence-corrected chi connectivity index (χ3v) is 2.80. The van der Waals surface area contributed by atoms with Crippen molar-refractivity contribution in [2.45, 2.75) is 20.0 Å². The van der Waals surface area contributed by atoms with Gasteiger partial charge in [-0.25, -0.2) is 4.79 Å². The molecule has 0 aliphatic carbocycles. The lowest BCUT2D eigenvalue weighted by Gasteiger charge is -2.04. The van der Waals surface area contributed by atoms with E-state index in [0.29, 0.717) is 6.61 Å². The third kappa shape index (κ3) is 8.02. The topological polar surface area (TPSA) is 38.3 Å². The largest absolute Gasteiger partial charge is 0.463 e. The number of benzene rings is 2. The summed E-state index contributed by atoms with van der Waals surface area (Å²) in [7, 11) is 0. The fourth-order valence-electron chi connectivity index (χ4n) is 1.74. The van der Waals surface area contributed by atoms with Gasteiger partial charge in [0, 0.05) is 19.2 Å². The van der Waals surface area contributed by atoms with Crippen LogP contribution in [0.4, 0.5) is 0 Å². The monoisotopic (exact) mass is 297 g/mol. The zero-order valence-corrected chi connectivity index (χ0v) is 13.0. The number of hydrogen-bond donors (Lipinski definition) is 1. The van der Waals surface area contributed by atoms with Crippen LogP contribution in [0.25, 0.3) is 0 Å². The van der Waals surface area contributed by atoms with Gasteiger partial charge in [0.2, 0.25) is 0 Å². The van der Waals surface area contributed by atoms with Crippen LogP contribution in [-0.2, 0) is 22.6 Å². The molecule has 0 fully saturated rings. The molecule has 0 spiro atoms. The van der Waals surface area contributed by atoms with Crippen LogP contribution in [-0.4, -0.2) is 12.6 Å². The van der Waals surface area contributed by atoms with Gasteiger partial charge in [0.15, 0.2) is 0 Å². The summed E-state index contributed by atoms with van der Waals surface area (Å²) in [5.74, 6) is -0.359. The number of carbonyl (C=O) groups excluding carboxylic acids is 1. The molecule has 3 nitrogen and oxygen atoms in total. The average Bonchev–Trinajstić information content (AvgIpc) is 2.57. The second-order valence-electron chi connectivity index (χ2n) is 4.53. The number of carbonyl (C=O) groups is 1. The van der Waals surface area contributed by atoms with E-state index in [9.17, 15) is 4.79 Å². The molecule has 0 bridgehead atoms. The Hall–Kier alpha value is -2.39. The molecule has 0 saturated heterocycles. The second kappa shape index (κ2) is 11.3. The molecule has 116 valence electrons. The Morgan fingerprint density at radius 3 is 1.77 bits per heavy atom. The van der Waals surface area contributed by atoms with E-state index >= 15 is 0 Å². The Balaban J connectivity index is 0.000000295. The smallest absolute Gasteiger partial charge is 0.330 e. The van der Waals surface area contributed by atoms with Crippen LogP contribution in [0.5, 0.6) is 0 Å². The fourth-order valence-corrected chi connectivity index (χ4v) is 1.74. The van der Waals surface area contributed by atoms with Gasteiger partial charge in [-0.2, -0.15) is 0 Å². The summed E-state index contributed by atoms with van der Waals surface area (Å²) in [4.78, 5) is 10.1. The molecule has 0 aliphatic rings. The molecule has 0 saturated carbocycles. The lowest BCUT2D eigenvalue weighted by atomic mass is 10.2. The van der Waals surface area contributed by atoms with Gasteiger partial charge in [0.1, 0.15) is 0 Å². The molecule has 0 heterocycles. The number of hydrogen-bond acceptors (Lipinski definition) is 3. The predicted octanol–water partition coefficient (Wildman–Crippen LogP) is 3.71. The Bertz CT molecular complexity index is 498. The van der Waals surface area contributed by atoms with Crippen molar-refractivity contribution in [3.63, 3.8) is 0 Å². The van der Waals surface area contributed by atoms with Crippen LogP contribution in [0.2, 0.25) is 0 Å². The molecule has 0 unspecified atom stereocenters. The van der Waals surface area contributed by atoms with Crippen LogP contribution in [0, 0.1) is 0 Å². The van der Waals surface area contributed by atoms with Crippen molar-refractivity contribution < 1.29 is 9.53 Å². The first kappa shape index (κ1) is 17.7. The van der Waals surface area contributed by atoms with Crippen molar-refractivity contribution in [2.24, 2.45) is 0 Å². The highest BCUT2D eigenvalue weighted by atomic mass is 16.5. The van der Waals surface area contributed by atoms with Crippen LogP contribution < -0.4 is 5.32 Å². The van der Waals surface area contributed by atoms with Crippen molar-refractivity contribution in [1.82, 2.24) is 5.32 Å². The summed E-state index contributed by atoms with van der Waals surface area (Å²) in [6.07, 6.45) is 1.14. The van der Waals surface area contributed by atoms with Crippen molar-refractivity contribution in [3.8, 4) is 0 Å². The predicted molar refractivity (Wildman–Crippen MR) is 90.3 cm³/mol. The van der Waals surface area contributed by atoms with Gasteiger partial charge in [0.25, 0.3) is 0 Å². The van der Waals surface area contributed by atoms with Crippen LogP contribution >= 0.6 is 0 Å². The van der Waals surface area contributed by atoms with Gasteiger partial charge in [-0.3, -0.25) is 0 Å². The maximum Gasteiger partial charge on any atom is 0.330 e. The number of ether oxygens (including phenoxy) is 1. The first-order valence-corrected chi connectivity index (χ1v) is 7.34. The first-order valence-electron chi connectivity index (χ1n) is 7.34. The molecule has 0 radical (unpaired) electrons. The van der Waals surface area contributed by atoms with Crippen molar-refractivity contribution in [3.05, 3.63) is 84.4 Å². The summed E-state index contributed by atoms with van der Waals surface area (Å²) in [6.45, 7) is 7.23. The lowest BCUT2D eigenvalue weighted by molar-refractivity contribution is -0.137. The summed E-state index contributed by atoms with van der Waals surface area (Å²) >= 11 is 0. The number of esters is 1. The van der Waals surface area contributed by atoms with Gasteiger partial charge < -0.3 is 10.1 Å². The molecule has 1 N–H and O–H groups in total. The molecule has 22 heavy (non-hydrogen) atoms. The lowest BCUT2D eigenvalue weighted by Crippen LogP contribution is -2.12. The van der Waals surface area contributed by atoms with Crippen molar-refractivity contribution in [2.75, 3.05) is 6.61 Å². The Morgan fingerprint density at radius 2 is 1.45 bits per heavy atom. The highest BCUT2D eigenvalue weighted by Crippen LogP contribution is 2.00. The molecular formula is C19H23NO2. The SMILES string of the molecule is C=CC(=O)OCC.c1ccc(CNCc2ccccc2)cc1. The van der Waals surface area contributed by atoms with Crippen LogP contribution in [0.1, 0.15) is 18.1 Å². The second-order valence-corrected chi connectivity index (χ2v) is 4.53. The van der Waals surface area contributed by atoms with Gasteiger partial charge in [0.05, 0.1) is 6.61 Å². The first-order chi connectivity index (χ1) is 10.8. The Labute approximate surface area is 132 Å². The normalized spacial score (nSPS) is 9.32. The molecule has 3 heteroatoms. The third-order valence-electron chi connectivity index (χ3n) is 2.80. The number of rotatable bonds is 6. The summed E-state index contributed by atoms with van der Waals surface area (Å²) in [6, 6.07) is 20.9. The van der Waals surface area contributed by atoms with E-state index in [0.717, 1.165) is 19.2 Å². The van der Waals surface area contributed by atoms with Crippen molar-refractivity contribution in [1.29, 1.82) is 0 Å². The minimum absolute atomic E-state index is 0.359. The molecule has 0 amide bonds. The maximum absolute atomic E-state index is 10.1. The van der Waals surface area contributed by atoms with Crippen molar-refractivity contribution >= 4 is 5.97 Å². The maximum atomic E-state index is 10.1. The highest BCUT2D eigenvalue weighted by Gasteiger charge is 1.92.